The molecule has 96 valence electrons. The molecule has 0 heterocycles. The molecule has 0 saturated carbocycles. The molecular weight excluding hydrogens is 222 g/mol. The van der Waals surface area contributed by atoms with Gasteiger partial charge in [0.15, 0.2) is 0 Å². The maximum atomic E-state index is 5.98. The molecule has 2 heteroatoms. The first-order valence-electron chi connectivity index (χ1n) is 6.24. The lowest BCUT2D eigenvalue weighted by atomic mass is 9.97. The molecule has 0 amide bonds. The van der Waals surface area contributed by atoms with E-state index in [0.717, 1.165) is 24.3 Å². The van der Waals surface area contributed by atoms with E-state index in [1.54, 1.807) is 7.11 Å². The summed E-state index contributed by atoms with van der Waals surface area (Å²) in [6, 6.07) is 0. The highest BCUT2D eigenvalue weighted by atomic mass is 16.5. The van der Waals surface area contributed by atoms with E-state index in [1.165, 1.54) is 11.1 Å². The molecule has 2 nitrogen and oxygen atoms in total. The van der Waals surface area contributed by atoms with Crippen molar-refractivity contribution in [1.82, 2.24) is 0 Å². The van der Waals surface area contributed by atoms with E-state index in [2.05, 4.69) is 24.3 Å². The molecule has 1 aliphatic rings. The Labute approximate surface area is 110 Å². The van der Waals surface area contributed by atoms with Crippen LogP contribution in [-0.4, -0.2) is 12.8 Å². The van der Waals surface area contributed by atoms with Crippen molar-refractivity contribution in [2.75, 3.05) is 7.11 Å². The van der Waals surface area contributed by atoms with Gasteiger partial charge in [-0.05, 0) is 25.8 Å². The van der Waals surface area contributed by atoms with Crippen LogP contribution in [0.4, 0.5) is 0 Å². The van der Waals surface area contributed by atoms with Crippen LogP contribution in [0.5, 0.6) is 0 Å². The third-order valence-electron chi connectivity index (χ3n) is 2.87. The summed E-state index contributed by atoms with van der Waals surface area (Å²) in [4.78, 5) is 0. The highest BCUT2D eigenvalue weighted by Crippen LogP contribution is 2.19. The Bertz CT molecular complexity index is 448. The molecule has 0 bridgehead atoms. The Kier molecular flexibility index (Phi) is 5.92. The lowest BCUT2D eigenvalue weighted by molar-refractivity contribution is -0.111. The molecule has 0 fully saturated rings. The number of ether oxygens (including phenoxy) is 1. The van der Waals surface area contributed by atoms with Crippen molar-refractivity contribution >= 4 is 5.71 Å². The fraction of sp³-hybridized carbons (Fsp3) is 0.312. The number of nitrogens with two attached hydrogens (primary N) is 1. The van der Waals surface area contributed by atoms with Gasteiger partial charge in [0, 0.05) is 18.1 Å². The lowest BCUT2D eigenvalue weighted by Gasteiger charge is -2.11. The summed E-state index contributed by atoms with van der Waals surface area (Å²) in [5, 5.41) is 5.98. The molecule has 18 heavy (non-hydrogen) atoms. The summed E-state index contributed by atoms with van der Waals surface area (Å²) in [5.74, 6) is 0.955. The maximum absolute atomic E-state index is 5.98. The van der Waals surface area contributed by atoms with Gasteiger partial charge in [0.2, 0.25) is 5.71 Å². The molecule has 0 saturated heterocycles. The van der Waals surface area contributed by atoms with Crippen molar-refractivity contribution in [3.8, 4) is 0 Å². The van der Waals surface area contributed by atoms with Crippen LogP contribution in [-0.2, 0) is 4.74 Å². The Morgan fingerprint density at radius 2 is 2.06 bits per heavy atom. The molecule has 0 spiro atoms. The smallest absolute Gasteiger partial charge is 0.203 e. The van der Waals surface area contributed by atoms with Gasteiger partial charge in [-0.25, -0.2) is 0 Å². The van der Waals surface area contributed by atoms with Gasteiger partial charge in [0.1, 0.15) is 5.76 Å². The predicted octanol–water partition coefficient (Wildman–Crippen LogP) is 2.52. The summed E-state index contributed by atoms with van der Waals surface area (Å²) in [7, 11) is 1.68. The molecule has 0 aromatic rings. The minimum atomic E-state index is 0.802. The van der Waals surface area contributed by atoms with Crippen LogP contribution in [0.1, 0.15) is 26.7 Å². The van der Waals surface area contributed by atoms with E-state index in [4.69, 9.17) is 10.1 Å². The van der Waals surface area contributed by atoms with Gasteiger partial charge in [0.05, 0.1) is 7.11 Å². The molecule has 0 aliphatic heterocycles. The minimum Gasteiger partial charge on any atom is -0.501 e. The van der Waals surface area contributed by atoms with Gasteiger partial charge in [-0.15, -0.1) is 0 Å². The van der Waals surface area contributed by atoms with Gasteiger partial charge >= 0.3 is 0 Å². The Morgan fingerprint density at radius 1 is 1.28 bits per heavy atom. The highest BCUT2D eigenvalue weighted by molar-refractivity contribution is 6.05. The molecule has 0 aromatic heterocycles. The van der Waals surface area contributed by atoms with Crippen LogP contribution >= 0.6 is 0 Å². The van der Waals surface area contributed by atoms with Crippen molar-refractivity contribution < 1.29 is 10.1 Å². The topological polar surface area (TPSA) is 34.8 Å². The zero-order valence-corrected chi connectivity index (χ0v) is 11.4. The second-order valence-corrected chi connectivity index (χ2v) is 4.11. The van der Waals surface area contributed by atoms with Crippen LogP contribution < -0.4 is 5.41 Å². The van der Waals surface area contributed by atoms with Gasteiger partial charge in [-0.1, -0.05) is 36.5 Å². The normalized spacial score (nSPS) is 19.9. The van der Waals surface area contributed by atoms with Gasteiger partial charge in [-0.2, -0.15) is 0 Å². The first-order valence-corrected chi connectivity index (χ1v) is 6.24. The summed E-state index contributed by atoms with van der Waals surface area (Å²) >= 11 is 0. The zero-order chi connectivity index (χ0) is 13.4. The largest absolute Gasteiger partial charge is 0.501 e. The lowest BCUT2D eigenvalue weighted by Crippen LogP contribution is -2.40. The van der Waals surface area contributed by atoms with Crippen LogP contribution in [0.25, 0.3) is 0 Å². The Morgan fingerprint density at radius 3 is 2.61 bits per heavy atom. The molecule has 1 rings (SSSR count). The average molecular weight is 244 g/mol. The molecule has 2 N–H and O–H groups in total. The van der Waals surface area contributed by atoms with Gasteiger partial charge < -0.3 is 4.74 Å². The van der Waals surface area contributed by atoms with Crippen LogP contribution in [0.2, 0.25) is 0 Å². The molecule has 0 aromatic carbocycles. The third kappa shape index (κ3) is 4.21. The molecule has 0 radical (unpaired) electrons. The first kappa shape index (κ1) is 14.2. The third-order valence-corrected chi connectivity index (χ3v) is 2.87. The van der Waals surface area contributed by atoms with Crippen LogP contribution in [0.3, 0.4) is 0 Å². The van der Waals surface area contributed by atoms with Crippen molar-refractivity contribution in [3.63, 3.8) is 0 Å². The number of methoxy groups -OCH3 is 1. The van der Waals surface area contributed by atoms with E-state index < -0.39 is 0 Å². The monoisotopic (exact) mass is 244 g/mol. The summed E-state index contributed by atoms with van der Waals surface area (Å²) in [6.07, 6.45) is 16.1. The van der Waals surface area contributed by atoms with Crippen LogP contribution in [0.15, 0.2) is 59.4 Å². The SMILES string of the molecule is C\C=C/C(/C=C/C=C1/CCC(OC)=CC1=[NH2+])=C\C. The van der Waals surface area contributed by atoms with Gasteiger partial charge in [0.25, 0.3) is 0 Å². The number of allylic oxidation sites excluding steroid dienone is 10. The molecule has 0 atom stereocenters. The first-order chi connectivity index (χ1) is 8.71. The average Bonchev–Trinajstić information content (AvgIpc) is 2.39. The molecule has 0 unspecified atom stereocenters. The Hall–Kier alpha value is -1.83. The fourth-order valence-electron chi connectivity index (χ4n) is 1.80. The van der Waals surface area contributed by atoms with Crippen molar-refractivity contribution in [2.45, 2.75) is 26.7 Å². The number of rotatable bonds is 4. The summed E-state index contributed by atoms with van der Waals surface area (Å²) in [5.41, 5.74) is 3.16. The number of hydrogen-bond acceptors (Lipinski definition) is 1. The van der Waals surface area contributed by atoms with Crippen molar-refractivity contribution in [2.24, 2.45) is 0 Å². The van der Waals surface area contributed by atoms with Crippen molar-refractivity contribution in [1.29, 1.82) is 0 Å². The fourth-order valence-corrected chi connectivity index (χ4v) is 1.80. The quantitative estimate of drug-likeness (QED) is 0.758. The maximum Gasteiger partial charge on any atom is 0.203 e. The standard InChI is InChI=1S/C16H21NO/c1-4-7-13(5-2)8-6-9-14-10-11-15(18-3)12-16(14)17/h4-9,12,17H,10-11H2,1-3H3/p+1/b7-4-,8-6+,13-5+,14-9-,17-16?. The molecule has 1 aliphatic carbocycles. The number of hydrogen-bond donors (Lipinski definition) is 1. The van der Waals surface area contributed by atoms with E-state index in [9.17, 15) is 0 Å². The van der Waals surface area contributed by atoms with E-state index in [1.807, 2.05) is 32.1 Å². The summed E-state index contributed by atoms with van der Waals surface area (Å²) < 4.78 is 5.20. The highest BCUT2D eigenvalue weighted by Gasteiger charge is 2.16. The van der Waals surface area contributed by atoms with E-state index in [-0.39, 0.29) is 0 Å². The second kappa shape index (κ2) is 7.49. The zero-order valence-electron chi connectivity index (χ0n) is 11.4. The van der Waals surface area contributed by atoms with E-state index in [0.29, 0.717) is 0 Å². The van der Waals surface area contributed by atoms with E-state index >= 15 is 0 Å². The minimum absolute atomic E-state index is 0.802. The molecular formula is C16H22NO+. The summed E-state index contributed by atoms with van der Waals surface area (Å²) in [6.45, 7) is 4.04. The van der Waals surface area contributed by atoms with Crippen LogP contribution in [0, 0.1) is 0 Å². The van der Waals surface area contributed by atoms with Gasteiger partial charge in [-0.3, -0.25) is 5.41 Å². The predicted molar refractivity (Wildman–Crippen MR) is 77.1 cm³/mol. The Balaban J connectivity index is 2.72. The second-order valence-electron chi connectivity index (χ2n) is 4.11. The van der Waals surface area contributed by atoms with Crippen molar-refractivity contribution in [3.05, 3.63) is 59.4 Å².